The van der Waals surface area contributed by atoms with Crippen molar-refractivity contribution in [1.82, 2.24) is 5.32 Å². The van der Waals surface area contributed by atoms with Crippen LogP contribution in [0.5, 0.6) is 0 Å². The third-order valence-electron chi connectivity index (χ3n) is 4.05. The summed E-state index contributed by atoms with van der Waals surface area (Å²) in [7, 11) is 0. The van der Waals surface area contributed by atoms with E-state index in [-0.39, 0.29) is 17.4 Å². The number of hydrogen-bond donors (Lipinski definition) is 3. The summed E-state index contributed by atoms with van der Waals surface area (Å²) in [5.41, 5.74) is 3.76. The van der Waals surface area contributed by atoms with Crippen molar-refractivity contribution in [2.75, 3.05) is 11.9 Å². The molecular weight excluding hydrogens is 276 g/mol. The zero-order chi connectivity index (χ0) is 17.1. The van der Waals surface area contributed by atoms with Crippen LogP contribution in [0.4, 0.5) is 10.5 Å². The topological polar surface area (TPSA) is 61.4 Å². The van der Waals surface area contributed by atoms with Crippen LogP contribution < -0.4 is 10.6 Å². The van der Waals surface area contributed by atoms with Crippen LogP contribution in [0.2, 0.25) is 0 Å². The molecule has 0 aromatic heterocycles. The number of urea groups is 1. The Morgan fingerprint density at radius 2 is 1.68 bits per heavy atom. The third-order valence-corrected chi connectivity index (χ3v) is 4.05. The summed E-state index contributed by atoms with van der Waals surface area (Å²) in [4.78, 5) is 12.1. The first-order valence-electron chi connectivity index (χ1n) is 7.85. The molecule has 0 fully saturated rings. The molecule has 1 aromatic carbocycles. The predicted molar refractivity (Wildman–Crippen MR) is 92.3 cm³/mol. The highest BCUT2D eigenvalue weighted by molar-refractivity contribution is 5.91. The fraction of sp³-hybridized carbons (Fsp3) is 0.611. The normalized spacial score (nSPS) is 13.1. The lowest BCUT2D eigenvalue weighted by Gasteiger charge is -2.33. The Hall–Kier alpha value is -1.55. The van der Waals surface area contributed by atoms with Gasteiger partial charge >= 0.3 is 6.03 Å². The smallest absolute Gasteiger partial charge is 0.319 e. The van der Waals surface area contributed by atoms with Crippen molar-refractivity contribution in [3.05, 3.63) is 28.8 Å². The maximum atomic E-state index is 12.1. The van der Waals surface area contributed by atoms with E-state index in [0.29, 0.717) is 6.54 Å². The zero-order valence-corrected chi connectivity index (χ0v) is 14.9. The maximum Gasteiger partial charge on any atom is 0.319 e. The lowest BCUT2D eigenvalue weighted by molar-refractivity contribution is 0.0154. The van der Waals surface area contributed by atoms with Gasteiger partial charge in [-0.2, -0.15) is 0 Å². The summed E-state index contributed by atoms with van der Waals surface area (Å²) in [5, 5.41) is 16.0. The van der Waals surface area contributed by atoms with Gasteiger partial charge in [0.05, 0.1) is 6.10 Å². The summed E-state index contributed by atoms with van der Waals surface area (Å²) in [5.74, 6) is 0.154. The zero-order valence-electron chi connectivity index (χ0n) is 14.9. The van der Waals surface area contributed by atoms with Gasteiger partial charge in [-0.1, -0.05) is 45.4 Å². The van der Waals surface area contributed by atoms with Crippen molar-refractivity contribution in [2.24, 2.45) is 11.3 Å². The highest BCUT2D eigenvalue weighted by Crippen LogP contribution is 2.25. The summed E-state index contributed by atoms with van der Waals surface area (Å²) >= 11 is 0. The molecule has 0 saturated carbocycles. The molecule has 1 rings (SSSR count). The second-order valence-electron chi connectivity index (χ2n) is 7.26. The number of aryl methyl sites for hydroxylation is 3. The number of hydrogen-bond acceptors (Lipinski definition) is 2. The first kappa shape index (κ1) is 18.5. The van der Waals surface area contributed by atoms with Gasteiger partial charge in [-0.05, 0) is 37.8 Å². The van der Waals surface area contributed by atoms with Crippen LogP contribution in [0, 0.1) is 32.1 Å². The molecule has 124 valence electrons. The molecule has 0 aliphatic heterocycles. The molecule has 0 aliphatic carbocycles. The van der Waals surface area contributed by atoms with E-state index in [4.69, 9.17) is 0 Å². The van der Waals surface area contributed by atoms with Crippen LogP contribution in [0.25, 0.3) is 0 Å². The van der Waals surface area contributed by atoms with Crippen LogP contribution in [0.15, 0.2) is 12.1 Å². The minimum Gasteiger partial charge on any atom is -0.392 e. The standard InChI is InChI=1S/C18H30N2O2/c1-11(2)16(21)18(6,7)10-19-17(22)20-15-13(4)8-12(3)9-14(15)5/h8-9,11,16,21H,10H2,1-7H3,(H2,19,20,22). The Morgan fingerprint density at radius 1 is 1.18 bits per heavy atom. The molecule has 0 spiro atoms. The molecule has 4 heteroatoms. The average molecular weight is 306 g/mol. The van der Waals surface area contributed by atoms with E-state index in [1.165, 1.54) is 5.56 Å². The van der Waals surface area contributed by atoms with Gasteiger partial charge in [0.15, 0.2) is 0 Å². The first-order chi connectivity index (χ1) is 10.0. The van der Waals surface area contributed by atoms with E-state index in [9.17, 15) is 9.90 Å². The molecule has 1 unspecified atom stereocenters. The van der Waals surface area contributed by atoms with Gasteiger partial charge in [0, 0.05) is 17.6 Å². The molecule has 0 radical (unpaired) electrons. The molecule has 4 nitrogen and oxygen atoms in total. The van der Waals surface area contributed by atoms with Crippen LogP contribution >= 0.6 is 0 Å². The fourth-order valence-corrected chi connectivity index (χ4v) is 2.85. The van der Waals surface area contributed by atoms with Gasteiger partial charge in [0.1, 0.15) is 0 Å². The van der Waals surface area contributed by atoms with Crippen LogP contribution in [-0.4, -0.2) is 23.8 Å². The Labute approximate surface area is 134 Å². The SMILES string of the molecule is Cc1cc(C)c(NC(=O)NCC(C)(C)C(O)C(C)C)c(C)c1. The highest BCUT2D eigenvalue weighted by atomic mass is 16.3. The number of nitrogens with one attached hydrogen (secondary N) is 2. The molecule has 0 heterocycles. The van der Waals surface area contributed by atoms with Crippen molar-refractivity contribution in [3.63, 3.8) is 0 Å². The Kier molecular flexibility index (Phi) is 6.00. The monoisotopic (exact) mass is 306 g/mol. The quantitative estimate of drug-likeness (QED) is 0.775. The third kappa shape index (κ3) is 4.73. The minimum absolute atomic E-state index is 0.154. The number of rotatable bonds is 5. The number of aliphatic hydroxyl groups is 1. The number of carbonyl (C=O) groups excluding carboxylic acids is 1. The van der Waals surface area contributed by atoms with Gasteiger partial charge in [-0.15, -0.1) is 0 Å². The van der Waals surface area contributed by atoms with Gasteiger partial charge < -0.3 is 15.7 Å². The van der Waals surface area contributed by atoms with E-state index in [0.717, 1.165) is 16.8 Å². The minimum atomic E-state index is -0.462. The molecule has 0 aliphatic rings. The molecule has 1 atom stereocenters. The number of carbonyl (C=O) groups is 1. The summed E-state index contributed by atoms with van der Waals surface area (Å²) in [6.07, 6.45) is -0.462. The second-order valence-corrected chi connectivity index (χ2v) is 7.26. The average Bonchev–Trinajstić information content (AvgIpc) is 2.39. The number of benzene rings is 1. The van der Waals surface area contributed by atoms with Crippen LogP contribution in [0.3, 0.4) is 0 Å². The van der Waals surface area contributed by atoms with Crippen molar-refractivity contribution >= 4 is 11.7 Å². The largest absolute Gasteiger partial charge is 0.392 e. The molecule has 0 bridgehead atoms. The number of amides is 2. The molecule has 3 N–H and O–H groups in total. The Morgan fingerprint density at radius 3 is 2.14 bits per heavy atom. The lowest BCUT2D eigenvalue weighted by Crippen LogP contribution is -2.44. The van der Waals surface area contributed by atoms with Crippen LogP contribution in [-0.2, 0) is 0 Å². The van der Waals surface area contributed by atoms with Gasteiger partial charge in [-0.3, -0.25) is 0 Å². The summed E-state index contributed by atoms with van der Waals surface area (Å²) in [6, 6.07) is 3.86. The van der Waals surface area contributed by atoms with E-state index in [1.54, 1.807) is 0 Å². The van der Waals surface area contributed by atoms with E-state index in [2.05, 4.69) is 22.8 Å². The number of aliphatic hydroxyl groups excluding tert-OH is 1. The maximum absolute atomic E-state index is 12.1. The number of anilines is 1. The molecule has 22 heavy (non-hydrogen) atoms. The first-order valence-corrected chi connectivity index (χ1v) is 7.85. The van der Waals surface area contributed by atoms with E-state index < -0.39 is 6.10 Å². The molecule has 1 aromatic rings. The molecular formula is C18H30N2O2. The van der Waals surface area contributed by atoms with Crippen molar-refractivity contribution < 1.29 is 9.90 Å². The fourth-order valence-electron chi connectivity index (χ4n) is 2.85. The van der Waals surface area contributed by atoms with Crippen molar-refractivity contribution in [2.45, 2.75) is 54.6 Å². The van der Waals surface area contributed by atoms with Gasteiger partial charge in [-0.25, -0.2) is 4.79 Å². The van der Waals surface area contributed by atoms with Gasteiger partial charge in [0.2, 0.25) is 0 Å². The summed E-state index contributed by atoms with van der Waals surface area (Å²) < 4.78 is 0. The molecule has 2 amide bonds. The second kappa shape index (κ2) is 7.14. The predicted octanol–water partition coefficient (Wildman–Crippen LogP) is 3.78. The van der Waals surface area contributed by atoms with Crippen LogP contribution in [0.1, 0.15) is 44.4 Å². The lowest BCUT2D eigenvalue weighted by atomic mass is 9.81. The van der Waals surface area contributed by atoms with Crippen molar-refractivity contribution in [3.8, 4) is 0 Å². The summed E-state index contributed by atoms with van der Waals surface area (Å²) in [6.45, 7) is 14.3. The Bertz CT molecular complexity index is 513. The van der Waals surface area contributed by atoms with Gasteiger partial charge in [0.25, 0.3) is 0 Å². The highest BCUT2D eigenvalue weighted by Gasteiger charge is 2.30. The molecule has 0 saturated heterocycles. The van der Waals surface area contributed by atoms with E-state index in [1.807, 2.05) is 48.5 Å². The Balaban J connectivity index is 2.69. The van der Waals surface area contributed by atoms with E-state index >= 15 is 0 Å². The van der Waals surface area contributed by atoms with Crippen molar-refractivity contribution in [1.29, 1.82) is 0 Å².